The van der Waals surface area contributed by atoms with Gasteiger partial charge in [-0.15, -0.1) is 0 Å². The number of cyclic esters (lactones) is 1. The number of nitrogens with one attached hydrogen (secondary N) is 1. The summed E-state index contributed by atoms with van der Waals surface area (Å²) in [7, 11) is 1.52. The summed E-state index contributed by atoms with van der Waals surface area (Å²) in [5, 5.41) is 24.2. The Labute approximate surface area is 198 Å². The molecule has 11 atom stereocenters. The van der Waals surface area contributed by atoms with Crippen molar-refractivity contribution in [1.29, 1.82) is 0 Å². The number of aliphatic hydroxyl groups excluding tert-OH is 2. The van der Waals surface area contributed by atoms with E-state index in [0.29, 0.717) is 6.42 Å². The first-order chi connectivity index (χ1) is 15.5. The van der Waals surface area contributed by atoms with E-state index in [1.165, 1.54) is 7.11 Å². The number of esters is 1. The van der Waals surface area contributed by atoms with Crippen LogP contribution in [0.5, 0.6) is 0 Å². The summed E-state index contributed by atoms with van der Waals surface area (Å²) < 4.78 is 18.3. The number of aliphatic hydroxyl groups is 2. The summed E-state index contributed by atoms with van der Waals surface area (Å²) in [6.45, 7) is 12.4. The van der Waals surface area contributed by atoms with Crippen LogP contribution in [0, 0.1) is 23.7 Å². The lowest BCUT2D eigenvalue weighted by molar-refractivity contribution is -0.171. The van der Waals surface area contributed by atoms with Crippen LogP contribution >= 0.6 is 0 Å². The fourth-order valence-corrected chi connectivity index (χ4v) is 5.99. The van der Waals surface area contributed by atoms with E-state index in [1.54, 1.807) is 6.92 Å². The highest BCUT2D eigenvalue weighted by Gasteiger charge is 2.56. The maximum Gasteiger partial charge on any atom is 0.335 e. The van der Waals surface area contributed by atoms with Crippen molar-refractivity contribution in [3.63, 3.8) is 0 Å². The molecule has 0 amide bonds. The molecule has 1 spiro atoms. The summed E-state index contributed by atoms with van der Waals surface area (Å²) in [5.74, 6) is -0.466. The highest BCUT2D eigenvalue weighted by Crippen LogP contribution is 2.52. The fourth-order valence-electron chi connectivity index (χ4n) is 5.99. The van der Waals surface area contributed by atoms with E-state index in [1.807, 2.05) is 13.8 Å². The number of ether oxygens (including phenoxy) is 3. The van der Waals surface area contributed by atoms with Crippen LogP contribution in [0.15, 0.2) is 23.8 Å². The van der Waals surface area contributed by atoms with Crippen molar-refractivity contribution >= 4 is 5.97 Å². The molecule has 2 heterocycles. The van der Waals surface area contributed by atoms with Gasteiger partial charge in [-0.05, 0) is 51.6 Å². The molecule has 2 aliphatic heterocycles. The minimum Gasteiger partial charge on any atom is -0.457 e. The summed E-state index contributed by atoms with van der Waals surface area (Å²) in [6, 6.07) is -0.00296. The number of methoxy groups -OCH3 is 1. The lowest BCUT2D eigenvalue weighted by Crippen LogP contribution is -2.51. The molecule has 3 aliphatic rings. The second kappa shape index (κ2) is 10.6. The monoisotopic (exact) mass is 465 g/mol. The molecule has 7 heteroatoms. The van der Waals surface area contributed by atoms with E-state index in [9.17, 15) is 15.0 Å². The van der Waals surface area contributed by atoms with E-state index in [4.69, 9.17) is 14.2 Å². The zero-order chi connectivity index (χ0) is 24.5. The molecular formula is C26H43NO6. The highest BCUT2D eigenvalue weighted by atomic mass is 16.6. The number of hydrogen-bond donors (Lipinski definition) is 3. The van der Waals surface area contributed by atoms with Gasteiger partial charge in [0.2, 0.25) is 0 Å². The molecule has 0 unspecified atom stereocenters. The van der Waals surface area contributed by atoms with Gasteiger partial charge in [0.05, 0.1) is 23.9 Å². The van der Waals surface area contributed by atoms with Crippen LogP contribution in [0.3, 0.4) is 0 Å². The summed E-state index contributed by atoms with van der Waals surface area (Å²) in [4.78, 5) is 12.9. The van der Waals surface area contributed by atoms with Gasteiger partial charge in [-0.2, -0.15) is 0 Å². The second-order valence-electron chi connectivity index (χ2n) is 10.3. The molecule has 33 heavy (non-hydrogen) atoms. The Hall–Kier alpha value is -1.25. The van der Waals surface area contributed by atoms with Gasteiger partial charge >= 0.3 is 5.97 Å². The minimum absolute atomic E-state index is 0.00296. The molecule has 0 aromatic carbocycles. The number of carbonyl (C=O) groups excluding carboxylic acids is 1. The van der Waals surface area contributed by atoms with Gasteiger partial charge < -0.3 is 29.7 Å². The van der Waals surface area contributed by atoms with Crippen molar-refractivity contribution in [3.8, 4) is 0 Å². The third kappa shape index (κ3) is 5.08. The Morgan fingerprint density at radius 1 is 1.24 bits per heavy atom. The van der Waals surface area contributed by atoms with Crippen molar-refractivity contribution in [3.05, 3.63) is 23.8 Å². The van der Waals surface area contributed by atoms with Crippen molar-refractivity contribution in [2.45, 2.75) is 96.5 Å². The molecule has 188 valence electrons. The van der Waals surface area contributed by atoms with E-state index in [2.05, 4.69) is 44.3 Å². The van der Waals surface area contributed by atoms with Crippen molar-refractivity contribution in [1.82, 2.24) is 5.32 Å². The van der Waals surface area contributed by atoms with Gasteiger partial charge in [0, 0.05) is 30.9 Å². The number of fused-ring (bicyclic) bond motifs is 1. The SMILES string of the molecule is CCN[C@@H]([C@H](C)[C@H](C)O)[C@@H]1O[C@]23C[C@H]1C=C[C@@H]2C[C@H](OC)C(=O)O[C@H]([C@@H](C)O)[C@H](C)/C=C/3C. The van der Waals surface area contributed by atoms with Crippen molar-refractivity contribution in [2.24, 2.45) is 23.7 Å². The van der Waals surface area contributed by atoms with E-state index in [-0.39, 0.29) is 35.8 Å². The van der Waals surface area contributed by atoms with Crippen LogP contribution < -0.4 is 5.32 Å². The van der Waals surface area contributed by atoms with Crippen LogP contribution in [0.2, 0.25) is 0 Å². The molecule has 1 fully saturated rings. The van der Waals surface area contributed by atoms with Crippen LogP contribution in [0.1, 0.15) is 54.4 Å². The average molecular weight is 466 g/mol. The zero-order valence-corrected chi connectivity index (χ0v) is 21.2. The largest absolute Gasteiger partial charge is 0.457 e. The Bertz CT molecular complexity index is 749. The second-order valence-corrected chi connectivity index (χ2v) is 10.3. The normalized spacial score (nSPS) is 41.8. The third-order valence-electron chi connectivity index (χ3n) is 8.06. The number of hydrogen-bond acceptors (Lipinski definition) is 7. The first-order valence-electron chi connectivity index (χ1n) is 12.4. The Kier molecular flexibility index (Phi) is 8.44. The maximum atomic E-state index is 12.9. The number of likely N-dealkylation sites (N-methyl/N-ethyl adjacent to an activating group) is 1. The van der Waals surface area contributed by atoms with Gasteiger partial charge in [0.25, 0.3) is 0 Å². The smallest absolute Gasteiger partial charge is 0.335 e. The van der Waals surface area contributed by atoms with E-state index in [0.717, 1.165) is 18.5 Å². The molecule has 0 aromatic heterocycles. The van der Waals surface area contributed by atoms with Gasteiger partial charge in [0.15, 0.2) is 6.10 Å². The molecule has 1 aliphatic carbocycles. The van der Waals surface area contributed by atoms with Crippen LogP contribution in [0.25, 0.3) is 0 Å². The summed E-state index contributed by atoms with van der Waals surface area (Å²) in [5.41, 5.74) is 0.525. The first-order valence-corrected chi connectivity index (χ1v) is 12.4. The van der Waals surface area contributed by atoms with Crippen LogP contribution in [-0.2, 0) is 19.0 Å². The molecule has 2 bridgehead atoms. The molecule has 0 saturated carbocycles. The Balaban J connectivity index is 2.04. The highest BCUT2D eigenvalue weighted by molar-refractivity contribution is 5.75. The Morgan fingerprint density at radius 2 is 1.94 bits per heavy atom. The fraction of sp³-hybridized carbons (Fsp3) is 0.808. The molecule has 1 saturated heterocycles. The zero-order valence-electron chi connectivity index (χ0n) is 21.2. The number of carbonyl (C=O) groups is 1. The molecule has 0 radical (unpaired) electrons. The Morgan fingerprint density at radius 3 is 2.52 bits per heavy atom. The predicted octanol–water partition coefficient (Wildman–Crippen LogP) is 2.61. The third-order valence-corrected chi connectivity index (χ3v) is 8.06. The maximum absolute atomic E-state index is 12.9. The van der Waals surface area contributed by atoms with Crippen LogP contribution in [-0.4, -0.2) is 72.0 Å². The van der Waals surface area contributed by atoms with E-state index < -0.39 is 36.0 Å². The first kappa shape index (κ1) is 26.4. The van der Waals surface area contributed by atoms with Gasteiger partial charge in [-0.3, -0.25) is 0 Å². The minimum atomic E-state index is -0.806. The number of rotatable bonds is 7. The van der Waals surface area contributed by atoms with Gasteiger partial charge in [0.1, 0.15) is 6.10 Å². The van der Waals surface area contributed by atoms with Crippen LogP contribution in [0.4, 0.5) is 0 Å². The summed E-state index contributed by atoms with van der Waals surface area (Å²) >= 11 is 0. The molecule has 0 aromatic rings. The van der Waals surface area contributed by atoms with Crippen molar-refractivity contribution in [2.75, 3.05) is 13.7 Å². The molecule has 7 nitrogen and oxygen atoms in total. The average Bonchev–Trinajstić information content (AvgIpc) is 3.07. The lowest BCUT2D eigenvalue weighted by atomic mass is 9.69. The lowest BCUT2D eigenvalue weighted by Gasteiger charge is -2.42. The quantitative estimate of drug-likeness (QED) is 0.393. The molecular weight excluding hydrogens is 422 g/mol. The topological polar surface area (TPSA) is 97.2 Å². The molecule has 3 N–H and O–H groups in total. The standard InChI is InChI=1S/C26H43NO6/c1-8-27-22(16(4)17(5)28)24-19-9-10-20-12-21(31-7)25(30)32-23(18(6)29)14(2)11-15(3)26(20,13-19)33-24/h9-11,14,16-24,27-29H,8,12-13H2,1-7H3/b15-11+/t14-,16-,17+,18-,19-,20-,21+,22+,23+,24-,26+/m1/s1. The van der Waals surface area contributed by atoms with Crippen molar-refractivity contribution < 1.29 is 29.2 Å². The van der Waals surface area contributed by atoms with Gasteiger partial charge in [-0.1, -0.05) is 39.0 Å². The van der Waals surface area contributed by atoms with Gasteiger partial charge in [-0.25, -0.2) is 4.79 Å². The van der Waals surface area contributed by atoms with E-state index >= 15 is 0 Å². The summed E-state index contributed by atoms with van der Waals surface area (Å²) in [6.07, 6.45) is 4.99. The molecule has 3 rings (SSSR count). The predicted molar refractivity (Wildman–Crippen MR) is 127 cm³/mol.